The molecule has 110 valence electrons. The van der Waals surface area contributed by atoms with E-state index in [1.807, 2.05) is 27.7 Å². The van der Waals surface area contributed by atoms with Crippen molar-refractivity contribution in [1.29, 1.82) is 0 Å². The predicted octanol–water partition coefficient (Wildman–Crippen LogP) is 3.63. The topological polar surface area (TPSA) is 38.3 Å². The van der Waals surface area contributed by atoms with Gasteiger partial charge in [-0.15, -0.1) is 0 Å². The molecule has 2 fully saturated rings. The van der Waals surface area contributed by atoms with E-state index in [0.717, 1.165) is 25.0 Å². The summed E-state index contributed by atoms with van der Waals surface area (Å²) in [7, 11) is 1.60. The van der Waals surface area contributed by atoms with Crippen molar-refractivity contribution in [2.24, 2.45) is 11.8 Å². The Hall–Kier alpha value is -0.570. The molecule has 0 atom stereocenters. The van der Waals surface area contributed by atoms with Gasteiger partial charge in [-0.05, 0) is 37.5 Å². The van der Waals surface area contributed by atoms with E-state index in [1.54, 1.807) is 7.05 Å². The van der Waals surface area contributed by atoms with Gasteiger partial charge in [0.05, 0.1) is 0 Å². The molecule has 18 heavy (non-hydrogen) atoms. The first-order chi connectivity index (χ1) is 8.74. The van der Waals surface area contributed by atoms with E-state index in [-0.39, 0.29) is 5.91 Å². The zero-order chi connectivity index (χ0) is 14.4. The van der Waals surface area contributed by atoms with Gasteiger partial charge >= 0.3 is 0 Å². The monoisotopic (exact) mass is 259 g/mol. The molecular weight excluding hydrogens is 226 g/mol. The SMILES string of the molecule is C1CC(C2CC2)CCO1.CC.CC.CNC(C)=O. The molecule has 3 heteroatoms. The maximum atomic E-state index is 9.70. The number of amides is 1. The molecule has 1 aliphatic carbocycles. The number of hydrogen-bond acceptors (Lipinski definition) is 2. The van der Waals surface area contributed by atoms with Crippen molar-refractivity contribution in [3.63, 3.8) is 0 Å². The third-order valence-corrected chi connectivity index (χ3v) is 2.91. The van der Waals surface area contributed by atoms with Crippen LogP contribution >= 0.6 is 0 Å². The molecular formula is C15H33NO2. The molecule has 3 nitrogen and oxygen atoms in total. The van der Waals surface area contributed by atoms with Crippen LogP contribution in [0.3, 0.4) is 0 Å². The van der Waals surface area contributed by atoms with Gasteiger partial charge in [0.2, 0.25) is 5.91 Å². The van der Waals surface area contributed by atoms with E-state index in [4.69, 9.17) is 4.74 Å². The molecule has 0 aromatic carbocycles. The minimum Gasteiger partial charge on any atom is -0.381 e. The number of hydrogen-bond donors (Lipinski definition) is 1. The van der Waals surface area contributed by atoms with E-state index < -0.39 is 0 Å². The zero-order valence-electron chi connectivity index (χ0n) is 13.2. The average Bonchev–Trinajstić information content (AvgIpc) is 3.29. The molecule has 0 aromatic rings. The first-order valence-electron chi connectivity index (χ1n) is 7.50. The fourth-order valence-electron chi connectivity index (χ4n) is 1.75. The fraction of sp³-hybridized carbons (Fsp3) is 0.933. The van der Waals surface area contributed by atoms with Crippen LogP contribution in [-0.4, -0.2) is 26.2 Å². The molecule has 1 N–H and O–H groups in total. The predicted molar refractivity (Wildman–Crippen MR) is 78.7 cm³/mol. The van der Waals surface area contributed by atoms with Gasteiger partial charge in [0.15, 0.2) is 0 Å². The molecule has 1 aliphatic heterocycles. The number of rotatable bonds is 1. The average molecular weight is 259 g/mol. The smallest absolute Gasteiger partial charge is 0.216 e. The summed E-state index contributed by atoms with van der Waals surface area (Å²) in [6.07, 6.45) is 5.69. The van der Waals surface area contributed by atoms with Gasteiger partial charge in [-0.2, -0.15) is 0 Å². The van der Waals surface area contributed by atoms with Crippen molar-refractivity contribution in [3.05, 3.63) is 0 Å². The molecule has 1 saturated carbocycles. The molecule has 0 spiro atoms. The van der Waals surface area contributed by atoms with Crippen molar-refractivity contribution in [2.45, 2.75) is 60.3 Å². The summed E-state index contributed by atoms with van der Waals surface area (Å²) in [6, 6.07) is 0. The quantitative estimate of drug-likeness (QED) is 0.781. The highest BCUT2D eigenvalue weighted by atomic mass is 16.5. The Morgan fingerprint density at radius 1 is 0.944 bits per heavy atom. The Bertz CT molecular complexity index is 173. The molecule has 1 amide bonds. The Morgan fingerprint density at radius 2 is 1.28 bits per heavy atom. The van der Waals surface area contributed by atoms with Crippen molar-refractivity contribution >= 4 is 5.91 Å². The second kappa shape index (κ2) is 14.5. The number of carbonyl (C=O) groups excluding carboxylic acids is 1. The zero-order valence-corrected chi connectivity index (χ0v) is 13.2. The van der Waals surface area contributed by atoms with E-state index in [9.17, 15) is 4.79 Å². The van der Waals surface area contributed by atoms with Crippen LogP contribution in [0.2, 0.25) is 0 Å². The minimum atomic E-state index is 0.00463. The van der Waals surface area contributed by atoms with Gasteiger partial charge in [-0.25, -0.2) is 0 Å². The summed E-state index contributed by atoms with van der Waals surface area (Å²) in [6.45, 7) is 11.5. The third-order valence-electron chi connectivity index (χ3n) is 2.91. The van der Waals surface area contributed by atoms with Gasteiger partial charge in [0, 0.05) is 27.2 Å². The van der Waals surface area contributed by atoms with Crippen LogP contribution < -0.4 is 5.32 Å². The van der Waals surface area contributed by atoms with Crippen LogP contribution in [-0.2, 0) is 9.53 Å². The summed E-state index contributed by atoms with van der Waals surface area (Å²) < 4.78 is 5.28. The summed E-state index contributed by atoms with van der Waals surface area (Å²) in [5, 5.41) is 2.39. The van der Waals surface area contributed by atoms with Crippen LogP contribution in [0.15, 0.2) is 0 Å². The Balaban J connectivity index is 0. The second-order valence-electron chi connectivity index (χ2n) is 4.09. The van der Waals surface area contributed by atoms with Crippen molar-refractivity contribution in [1.82, 2.24) is 5.32 Å². The Labute approximate surface area is 114 Å². The van der Waals surface area contributed by atoms with Crippen LogP contribution in [0.1, 0.15) is 60.3 Å². The fourth-order valence-corrected chi connectivity index (χ4v) is 1.75. The minimum absolute atomic E-state index is 0.00463. The van der Waals surface area contributed by atoms with Crippen molar-refractivity contribution in [3.8, 4) is 0 Å². The lowest BCUT2D eigenvalue weighted by Gasteiger charge is -2.21. The molecule has 2 aliphatic rings. The highest BCUT2D eigenvalue weighted by Crippen LogP contribution is 2.41. The molecule has 1 heterocycles. The Morgan fingerprint density at radius 3 is 1.56 bits per heavy atom. The van der Waals surface area contributed by atoms with Crippen LogP contribution in [0.5, 0.6) is 0 Å². The van der Waals surface area contributed by atoms with E-state index >= 15 is 0 Å². The van der Waals surface area contributed by atoms with Crippen molar-refractivity contribution in [2.75, 3.05) is 20.3 Å². The van der Waals surface area contributed by atoms with Crippen LogP contribution in [0, 0.1) is 11.8 Å². The Kier molecular flexibility index (Phi) is 15.9. The standard InChI is InChI=1S/C8H14O.C3H7NO.2C2H6/c1-2-7(1)8-3-5-9-6-4-8;1-3(5)4-2;2*1-2/h7-8H,1-6H2;1-2H3,(H,4,5);2*1-2H3. The van der Waals surface area contributed by atoms with Crippen LogP contribution in [0.25, 0.3) is 0 Å². The van der Waals surface area contributed by atoms with Gasteiger partial charge in [-0.1, -0.05) is 27.7 Å². The van der Waals surface area contributed by atoms with Gasteiger partial charge < -0.3 is 10.1 Å². The number of carbonyl (C=O) groups is 1. The lowest BCUT2D eigenvalue weighted by molar-refractivity contribution is -0.118. The lowest BCUT2D eigenvalue weighted by atomic mass is 9.95. The highest BCUT2D eigenvalue weighted by molar-refractivity contribution is 5.72. The molecule has 0 unspecified atom stereocenters. The van der Waals surface area contributed by atoms with Gasteiger partial charge in [-0.3, -0.25) is 4.79 Å². The normalized spacial score (nSPS) is 17.9. The van der Waals surface area contributed by atoms with Gasteiger partial charge in [0.25, 0.3) is 0 Å². The van der Waals surface area contributed by atoms with E-state index in [1.165, 1.54) is 32.6 Å². The lowest BCUT2D eigenvalue weighted by Crippen LogP contribution is -2.16. The van der Waals surface area contributed by atoms with Crippen molar-refractivity contribution < 1.29 is 9.53 Å². The summed E-state index contributed by atoms with van der Waals surface area (Å²) >= 11 is 0. The van der Waals surface area contributed by atoms with E-state index in [0.29, 0.717) is 0 Å². The highest BCUT2D eigenvalue weighted by Gasteiger charge is 2.31. The van der Waals surface area contributed by atoms with Crippen LogP contribution in [0.4, 0.5) is 0 Å². The largest absolute Gasteiger partial charge is 0.381 e. The first-order valence-corrected chi connectivity index (χ1v) is 7.50. The molecule has 2 rings (SSSR count). The molecule has 0 radical (unpaired) electrons. The third kappa shape index (κ3) is 11.9. The maximum absolute atomic E-state index is 9.70. The van der Waals surface area contributed by atoms with Gasteiger partial charge in [0.1, 0.15) is 0 Å². The second-order valence-corrected chi connectivity index (χ2v) is 4.09. The maximum Gasteiger partial charge on any atom is 0.216 e. The molecule has 1 saturated heterocycles. The number of nitrogens with one attached hydrogen (secondary N) is 1. The summed E-state index contributed by atoms with van der Waals surface area (Å²) in [4.78, 5) is 9.70. The number of ether oxygens (including phenoxy) is 1. The molecule has 0 bridgehead atoms. The summed E-state index contributed by atoms with van der Waals surface area (Å²) in [5.74, 6) is 2.15. The molecule has 0 aromatic heterocycles. The summed E-state index contributed by atoms with van der Waals surface area (Å²) in [5.41, 5.74) is 0. The first kappa shape index (κ1) is 19.8. The van der Waals surface area contributed by atoms with E-state index in [2.05, 4.69) is 5.32 Å².